The van der Waals surface area contributed by atoms with Gasteiger partial charge in [0.05, 0.1) is 6.26 Å². The Kier molecular flexibility index (Phi) is 2.45. The first kappa shape index (κ1) is 10.2. The van der Waals surface area contributed by atoms with Crippen LogP contribution in [0.2, 0.25) is 0 Å². The van der Waals surface area contributed by atoms with Gasteiger partial charge >= 0.3 is 0 Å². The van der Waals surface area contributed by atoms with Crippen molar-refractivity contribution in [3.05, 3.63) is 71.5 Å². The Morgan fingerprint density at radius 2 is 1.65 bits per heavy atom. The fraction of sp³-hybridized carbons (Fsp3) is 0.125. The smallest absolute Gasteiger partial charge is 0.134 e. The fourth-order valence-corrected chi connectivity index (χ4v) is 2.18. The number of fused-ring (bicyclic) bond motifs is 1. The Bertz CT molecular complexity index is 649. The molecule has 0 unspecified atom stereocenters. The van der Waals surface area contributed by atoms with Crippen LogP contribution in [-0.2, 0) is 6.42 Å². The molecule has 0 saturated heterocycles. The summed E-state index contributed by atoms with van der Waals surface area (Å²) < 4.78 is 5.56. The van der Waals surface area contributed by atoms with E-state index in [0.717, 1.165) is 12.0 Å². The van der Waals surface area contributed by atoms with Gasteiger partial charge in [0, 0.05) is 17.4 Å². The summed E-state index contributed by atoms with van der Waals surface area (Å²) in [5.41, 5.74) is 4.92. The molecule has 0 aliphatic heterocycles. The highest BCUT2D eigenvalue weighted by atomic mass is 16.3. The van der Waals surface area contributed by atoms with Crippen LogP contribution in [-0.4, -0.2) is 0 Å². The molecule has 17 heavy (non-hydrogen) atoms. The van der Waals surface area contributed by atoms with Crippen LogP contribution < -0.4 is 0 Å². The topological polar surface area (TPSA) is 13.1 Å². The predicted molar refractivity (Wildman–Crippen MR) is 70.2 cm³/mol. The van der Waals surface area contributed by atoms with Gasteiger partial charge in [-0.25, -0.2) is 0 Å². The largest absolute Gasteiger partial charge is 0.464 e. The molecule has 3 aromatic rings. The van der Waals surface area contributed by atoms with Crippen molar-refractivity contribution in [2.75, 3.05) is 0 Å². The van der Waals surface area contributed by atoms with E-state index in [-0.39, 0.29) is 0 Å². The van der Waals surface area contributed by atoms with Gasteiger partial charge in [0.25, 0.3) is 0 Å². The zero-order valence-corrected chi connectivity index (χ0v) is 9.81. The van der Waals surface area contributed by atoms with Gasteiger partial charge in [0.1, 0.15) is 5.58 Å². The van der Waals surface area contributed by atoms with E-state index in [1.54, 1.807) is 0 Å². The zero-order chi connectivity index (χ0) is 11.7. The second-order valence-corrected chi connectivity index (χ2v) is 4.36. The second-order valence-electron chi connectivity index (χ2n) is 4.36. The van der Waals surface area contributed by atoms with Crippen LogP contribution in [0.1, 0.15) is 16.7 Å². The molecular formula is C16H14O. The van der Waals surface area contributed by atoms with Gasteiger partial charge in [-0.2, -0.15) is 0 Å². The maximum Gasteiger partial charge on any atom is 0.134 e. The monoisotopic (exact) mass is 222 g/mol. The van der Waals surface area contributed by atoms with Crippen molar-refractivity contribution in [2.24, 2.45) is 0 Å². The molecule has 0 spiro atoms. The summed E-state index contributed by atoms with van der Waals surface area (Å²) in [6, 6.07) is 16.7. The van der Waals surface area contributed by atoms with E-state index in [2.05, 4.69) is 43.3 Å². The van der Waals surface area contributed by atoms with Crippen LogP contribution >= 0.6 is 0 Å². The van der Waals surface area contributed by atoms with Crippen molar-refractivity contribution in [3.63, 3.8) is 0 Å². The highest BCUT2D eigenvalue weighted by molar-refractivity contribution is 5.81. The number of para-hydroxylation sites is 1. The van der Waals surface area contributed by atoms with Crippen molar-refractivity contribution < 1.29 is 4.42 Å². The molecule has 0 N–H and O–H groups in total. The van der Waals surface area contributed by atoms with Gasteiger partial charge in [-0.3, -0.25) is 0 Å². The molecule has 1 nitrogen and oxygen atoms in total. The summed E-state index contributed by atoms with van der Waals surface area (Å²) in [5.74, 6) is 0. The molecule has 0 atom stereocenters. The third-order valence-electron chi connectivity index (χ3n) is 3.20. The van der Waals surface area contributed by atoms with Crippen molar-refractivity contribution in [1.82, 2.24) is 0 Å². The Morgan fingerprint density at radius 3 is 2.53 bits per heavy atom. The molecule has 1 heteroatoms. The quantitative estimate of drug-likeness (QED) is 0.629. The maximum absolute atomic E-state index is 5.56. The van der Waals surface area contributed by atoms with Gasteiger partial charge in [-0.15, -0.1) is 0 Å². The van der Waals surface area contributed by atoms with E-state index < -0.39 is 0 Å². The summed E-state index contributed by atoms with van der Waals surface area (Å²) in [7, 11) is 0. The number of furan rings is 1. The first-order chi connectivity index (χ1) is 8.34. The highest BCUT2D eigenvalue weighted by Gasteiger charge is 2.06. The van der Waals surface area contributed by atoms with Gasteiger partial charge in [0.2, 0.25) is 0 Å². The maximum atomic E-state index is 5.56. The van der Waals surface area contributed by atoms with Crippen LogP contribution in [0.3, 0.4) is 0 Å². The molecule has 3 rings (SSSR count). The fourth-order valence-electron chi connectivity index (χ4n) is 2.18. The Hall–Kier alpha value is -2.02. The first-order valence-electron chi connectivity index (χ1n) is 5.84. The van der Waals surface area contributed by atoms with Crippen LogP contribution in [0, 0.1) is 6.92 Å². The Morgan fingerprint density at radius 1 is 0.882 bits per heavy atom. The zero-order valence-electron chi connectivity index (χ0n) is 9.81. The molecule has 84 valence electrons. The number of rotatable bonds is 2. The molecule has 0 fully saturated rings. The first-order valence-corrected chi connectivity index (χ1v) is 5.84. The highest BCUT2D eigenvalue weighted by Crippen LogP contribution is 2.24. The predicted octanol–water partition coefficient (Wildman–Crippen LogP) is 4.33. The van der Waals surface area contributed by atoms with E-state index in [9.17, 15) is 0 Å². The second kappa shape index (κ2) is 4.10. The summed E-state index contributed by atoms with van der Waals surface area (Å²) in [4.78, 5) is 0. The lowest BCUT2D eigenvalue weighted by molar-refractivity contribution is 0.611. The minimum atomic E-state index is 0.934. The summed E-state index contributed by atoms with van der Waals surface area (Å²) >= 11 is 0. The summed E-state index contributed by atoms with van der Waals surface area (Å²) in [6.45, 7) is 2.15. The molecular weight excluding hydrogens is 208 g/mol. The average Bonchev–Trinajstić information content (AvgIpc) is 2.76. The number of hydrogen-bond acceptors (Lipinski definition) is 1. The molecule has 1 aromatic heterocycles. The van der Waals surface area contributed by atoms with Gasteiger partial charge < -0.3 is 4.42 Å². The third-order valence-corrected chi connectivity index (χ3v) is 3.20. The van der Waals surface area contributed by atoms with Crippen LogP contribution in [0.5, 0.6) is 0 Å². The SMILES string of the molecule is Cc1ccccc1Cc1coc2ccccc12. The lowest BCUT2D eigenvalue weighted by Gasteiger charge is -2.03. The lowest BCUT2D eigenvalue weighted by Crippen LogP contribution is -1.89. The molecule has 2 aromatic carbocycles. The molecule has 1 heterocycles. The van der Waals surface area contributed by atoms with Crippen molar-refractivity contribution in [2.45, 2.75) is 13.3 Å². The normalized spacial score (nSPS) is 10.9. The molecule has 0 bridgehead atoms. The van der Waals surface area contributed by atoms with Crippen LogP contribution in [0.4, 0.5) is 0 Å². The molecule has 0 amide bonds. The Balaban J connectivity index is 2.03. The van der Waals surface area contributed by atoms with E-state index in [1.807, 2.05) is 18.4 Å². The third kappa shape index (κ3) is 1.84. The van der Waals surface area contributed by atoms with Crippen LogP contribution in [0.15, 0.2) is 59.2 Å². The van der Waals surface area contributed by atoms with Gasteiger partial charge in [-0.05, 0) is 24.1 Å². The average molecular weight is 222 g/mol. The number of aryl methyl sites for hydroxylation is 1. The van der Waals surface area contributed by atoms with E-state index >= 15 is 0 Å². The Labute approximate surface area is 101 Å². The van der Waals surface area contributed by atoms with Crippen molar-refractivity contribution in [3.8, 4) is 0 Å². The van der Waals surface area contributed by atoms with E-state index in [4.69, 9.17) is 4.42 Å². The molecule has 0 radical (unpaired) electrons. The van der Waals surface area contributed by atoms with Crippen molar-refractivity contribution >= 4 is 11.0 Å². The lowest BCUT2D eigenvalue weighted by atomic mass is 10.0. The van der Waals surface area contributed by atoms with E-state index in [0.29, 0.717) is 0 Å². The minimum Gasteiger partial charge on any atom is -0.464 e. The van der Waals surface area contributed by atoms with Gasteiger partial charge in [0.15, 0.2) is 0 Å². The van der Waals surface area contributed by atoms with Crippen LogP contribution in [0.25, 0.3) is 11.0 Å². The number of benzene rings is 2. The number of hydrogen-bond donors (Lipinski definition) is 0. The molecule has 0 saturated carbocycles. The minimum absolute atomic E-state index is 0.934. The summed E-state index contributed by atoms with van der Waals surface area (Å²) in [6.07, 6.45) is 2.81. The molecule has 0 aliphatic rings. The van der Waals surface area contributed by atoms with Gasteiger partial charge in [-0.1, -0.05) is 42.5 Å². The van der Waals surface area contributed by atoms with Crippen molar-refractivity contribution in [1.29, 1.82) is 0 Å². The van der Waals surface area contributed by atoms with E-state index in [1.165, 1.54) is 22.1 Å². The summed E-state index contributed by atoms with van der Waals surface area (Å²) in [5, 5.41) is 1.22. The molecule has 0 aliphatic carbocycles. The standard InChI is InChI=1S/C16H14O/c1-12-6-2-3-7-13(12)10-14-11-17-16-9-5-4-8-15(14)16/h2-9,11H,10H2,1H3.